The summed E-state index contributed by atoms with van der Waals surface area (Å²) in [5.74, 6) is 1.41. The number of aromatic nitrogens is 1. The summed E-state index contributed by atoms with van der Waals surface area (Å²) < 4.78 is 23.2. The highest BCUT2D eigenvalue weighted by atomic mass is 32.2. The number of nitrogens with zero attached hydrogens (tertiary/aromatic N) is 3. The number of hydrogen-bond donors (Lipinski definition) is 1. The van der Waals surface area contributed by atoms with E-state index in [4.69, 9.17) is 0 Å². The normalized spacial score (nSPS) is 22.1. The molecule has 2 fully saturated rings. The molecule has 2 saturated heterocycles. The molecular weight excluding hydrogens is 352 g/mol. The van der Waals surface area contributed by atoms with Crippen molar-refractivity contribution in [1.29, 1.82) is 0 Å². The van der Waals surface area contributed by atoms with Crippen molar-refractivity contribution >= 4 is 21.6 Å². The van der Waals surface area contributed by atoms with Gasteiger partial charge in [-0.25, -0.2) is 13.4 Å². The van der Waals surface area contributed by atoms with Crippen LogP contribution in [0.15, 0.2) is 18.3 Å². The number of nitrogens with one attached hydrogen (secondary N) is 1. The smallest absolute Gasteiger partial charge is 0.254 e. The van der Waals surface area contributed by atoms with Crippen LogP contribution >= 0.6 is 0 Å². The average molecular weight is 381 g/mol. The van der Waals surface area contributed by atoms with Crippen LogP contribution in [0, 0.1) is 0 Å². The lowest BCUT2D eigenvalue weighted by Gasteiger charge is -2.39. The fraction of sp³-hybridized carbons (Fsp3) is 0.667. The SMILES string of the molecule is CN(C)C(=O)c1ccc(NC2CCN(C3CCS(=O)(=O)CC3)CC2)nc1. The van der Waals surface area contributed by atoms with Crippen molar-refractivity contribution in [3.63, 3.8) is 0 Å². The molecule has 0 spiro atoms. The van der Waals surface area contributed by atoms with Crippen LogP contribution in [-0.2, 0) is 9.84 Å². The van der Waals surface area contributed by atoms with Crippen LogP contribution in [0.5, 0.6) is 0 Å². The first kappa shape index (κ1) is 19.1. The number of carbonyl (C=O) groups is 1. The molecule has 0 atom stereocenters. The van der Waals surface area contributed by atoms with Crippen molar-refractivity contribution < 1.29 is 13.2 Å². The predicted octanol–water partition coefficient (Wildman–Crippen LogP) is 1.24. The minimum Gasteiger partial charge on any atom is -0.367 e. The van der Waals surface area contributed by atoms with E-state index in [1.165, 1.54) is 4.90 Å². The molecular formula is C18H28N4O3S. The summed E-state index contributed by atoms with van der Waals surface area (Å²) in [5.41, 5.74) is 0.586. The Morgan fingerprint density at radius 3 is 2.35 bits per heavy atom. The first-order valence-corrected chi connectivity index (χ1v) is 11.0. The Morgan fingerprint density at radius 1 is 1.15 bits per heavy atom. The van der Waals surface area contributed by atoms with Crippen LogP contribution in [0.1, 0.15) is 36.0 Å². The van der Waals surface area contributed by atoms with Gasteiger partial charge >= 0.3 is 0 Å². The summed E-state index contributed by atoms with van der Waals surface area (Å²) in [6, 6.07) is 4.43. The Morgan fingerprint density at radius 2 is 1.81 bits per heavy atom. The molecule has 2 aliphatic rings. The van der Waals surface area contributed by atoms with Gasteiger partial charge in [-0.15, -0.1) is 0 Å². The lowest BCUT2D eigenvalue weighted by Crippen LogP contribution is -2.47. The molecule has 0 aromatic carbocycles. The number of rotatable bonds is 4. The van der Waals surface area contributed by atoms with Crippen LogP contribution in [0.2, 0.25) is 0 Å². The third-order valence-corrected chi connectivity index (χ3v) is 7.05. The molecule has 3 heterocycles. The summed E-state index contributed by atoms with van der Waals surface area (Å²) >= 11 is 0. The highest BCUT2D eigenvalue weighted by Gasteiger charge is 2.30. The van der Waals surface area contributed by atoms with Gasteiger partial charge in [0.05, 0.1) is 17.1 Å². The molecule has 7 nitrogen and oxygen atoms in total. The van der Waals surface area contributed by atoms with Crippen molar-refractivity contribution in [1.82, 2.24) is 14.8 Å². The van der Waals surface area contributed by atoms with Gasteiger partial charge < -0.3 is 15.1 Å². The maximum atomic E-state index is 11.9. The van der Waals surface area contributed by atoms with Crippen LogP contribution < -0.4 is 5.32 Å². The van der Waals surface area contributed by atoms with E-state index in [1.807, 2.05) is 6.07 Å². The van der Waals surface area contributed by atoms with Crippen molar-refractivity contribution in [2.24, 2.45) is 0 Å². The standard InChI is InChI=1S/C18H28N4O3S/c1-21(2)18(23)14-3-4-17(19-13-14)20-15-5-9-22(10-6-15)16-7-11-26(24,25)12-8-16/h3-4,13,15-16H,5-12H2,1-2H3,(H,19,20). The largest absolute Gasteiger partial charge is 0.367 e. The minimum absolute atomic E-state index is 0.0492. The van der Waals surface area contributed by atoms with Gasteiger partial charge in [0, 0.05) is 45.5 Å². The van der Waals surface area contributed by atoms with Gasteiger partial charge in [0.2, 0.25) is 0 Å². The Hall–Kier alpha value is -1.67. The number of anilines is 1. The molecule has 8 heteroatoms. The predicted molar refractivity (Wildman–Crippen MR) is 102 cm³/mol. The van der Waals surface area contributed by atoms with E-state index in [0.29, 0.717) is 29.2 Å². The Labute approximate surface area is 155 Å². The number of amides is 1. The summed E-state index contributed by atoms with van der Waals surface area (Å²) in [4.78, 5) is 20.2. The van der Waals surface area contributed by atoms with E-state index in [-0.39, 0.29) is 5.91 Å². The first-order chi connectivity index (χ1) is 12.3. The molecule has 144 valence electrons. The number of hydrogen-bond acceptors (Lipinski definition) is 6. The molecule has 0 unspecified atom stereocenters. The summed E-state index contributed by atoms with van der Waals surface area (Å²) in [6.45, 7) is 1.97. The number of piperidine rings is 1. The maximum absolute atomic E-state index is 11.9. The monoisotopic (exact) mass is 380 g/mol. The Bertz CT molecular complexity index is 711. The van der Waals surface area contributed by atoms with Crippen LogP contribution in [0.3, 0.4) is 0 Å². The zero-order valence-electron chi connectivity index (χ0n) is 15.5. The molecule has 26 heavy (non-hydrogen) atoms. The second-order valence-electron chi connectivity index (χ2n) is 7.47. The van der Waals surface area contributed by atoms with Crippen molar-refractivity contribution in [2.45, 2.75) is 37.8 Å². The summed E-state index contributed by atoms with van der Waals surface area (Å²) in [7, 11) is 0.657. The van der Waals surface area contributed by atoms with Gasteiger partial charge in [0.25, 0.3) is 5.91 Å². The van der Waals surface area contributed by atoms with Gasteiger partial charge in [0.1, 0.15) is 15.7 Å². The molecule has 0 bridgehead atoms. The lowest BCUT2D eigenvalue weighted by atomic mass is 10.0. The van der Waals surface area contributed by atoms with Crippen LogP contribution in [0.4, 0.5) is 5.82 Å². The first-order valence-electron chi connectivity index (χ1n) is 9.23. The van der Waals surface area contributed by atoms with E-state index in [9.17, 15) is 13.2 Å². The molecule has 1 aromatic heterocycles. The fourth-order valence-corrected chi connectivity index (χ4v) is 5.19. The van der Waals surface area contributed by atoms with E-state index >= 15 is 0 Å². The molecule has 1 N–H and O–H groups in total. The molecule has 0 radical (unpaired) electrons. The van der Waals surface area contributed by atoms with E-state index in [1.54, 1.807) is 26.4 Å². The van der Waals surface area contributed by atoms with Gasteiger partial charge in [0.15, 0.2) is 0 Å². The lowest BCUT2D eigenvalue weighted by molar-refractivity contribution is 0.0827. The topological polar surface area (TPSA) is 82.6 Å². The summed E-state index contributed by atoms with van der Waals surface area (Å²) in [6.07, 6.45) is 5.18. The Balaban J connectivity index is 1.47. The third kappa shape index (κ3) is 4.73. The number of pyridine rings is 1. The second kappa shape index (κ2) is 7.92. The summed E-state index contributed by atoms with van der Waals surface area (Å²) in [5, 5.41) is 3.45. The molecule has 2 aliphatic heterocycles. The van der Waals surface area contributed by atoms with Crippen molar-refractivity contribution in [3.05, 3.63) is 23.9 Å². The van der Waals surface area contributed by atoms with Crippen molar-refractivity contribution in [3.8, 4) is 0 Å². The van der Waals surface area contributed by atoms with Crippen molar-refractivity contribution in [2.75, 3.05) is 44.0 Å². The highest BCUT2D eigenvalue weighted by molar-refractivity contribution is 7.91. The van der Waals surface area contributed by atoms with E-state index in [0.717, 1.165) is 44.6 Å². The Kier molecular flexibility index (Phi) is 5.82. The molecule has 1 amide bonds. The van der Waals surface area contributed by atoms with Gasteiger partial charge in [-0.05, 0) is 37.8 Å². The minimum atomic E-state index is -2.80. The zero-order chi connectivity index (χ0) is 18.7. The van der Waals surface area contributed by atoms with Gasteiger partial charge in [-0.3, -0.25) is 4.79 Å². The second-order valence-corrected chi connectivity index (χ2v) is 9.77. The zero-order valence-corrected chi connectivity index (χ0v) is 16.3. The quantitative estimate of drug-likeness (QED) is 0.846. The number of carbonyl (C=O) groups excluding carboxylic acids is 1. The highest BCUT2D eigenvalue weighted by Crippen LogP contribution is 2.23. The molecule has 0 saturated carbocycles. The average Bonchev–Trinajstić information content (AvgIpc) is 2.62. The van der Waals surface area contributed by atoms with Gasteiger partial charge in [-0.1, -0.05) is 0 Å². The van der Waals surface area contributed by atoms with Gasteiger partial charge in [-0.2, -0.15) is 0 Å². The molecule has 3 rings (SSSR count). The molecule has 0 aliphatic carbocycles. The van der Waals surface area contributed by atoms with E-state index < -0.39 is 9.84 Å². The number of sulfone groups is 1. The fourth-order valence-electron chi connectivity index (χ4n) is 3.72. The molecule has 1 aromatic rings. The van der Waals surface area contributed by atoms with E-state index in [2.05, 4.69) is 15.2 Å². The third-order valence-electron chi connectivity index (χ3n) is 5.34. The number of likely N-dealkylation sites (tertiary alicyclic amines) is 1. The maximum Gasteiger partial charge on any atom is 0.254 e. The van der Waals surface area contributed by atoms with Crippen LogP contribution in [0.25, 0.3) is 0 Å². The van der Waals surface area contributed by atoms with Crippen LogP contribution in [-0.4, -0.2) is 79.9 Å².